The molecule has 0 unspecified atom stereocenters. The predicted molar refractivity (Wildman–Crippen MR) is 111 cm³/mol. The Morgan fingerprint density at radius 1 is 1.28 bits per heavy atom. The molecule has 29 heavy (non-hydrogen) atoms. The van der Waals surface area contributed by atoms with Crippen molar-refractivity contribution in [3.63, 3.8) is 0 Å². The molecule has 0 saturated heterocycles. The van der Waals surface area contributed by atoms with E-state index in [4.69, 9.17) is 4.42 Å². The number of amidine groups is 1. The third kappa shape index (κ3) is 5.91. The molecule has 1 aromatic heterocycles. The summed E-state index contributed by atoms with van der Waals surface area (Å²) in [5.74, 6) is 0.642. The summed E-state index contributed by atoms with van der Waals surface area (Å²) in [7, 11) is -1.75. The Hall–Kier alpha value is -2.65. The minimum absolute atomic E-state index is 0.0333. The second-order valence-electron chi connectivity index (χ2n) is 6.86. The number of amides is 1. The van der Waals surface area contributed by atoms with Crippen LogP contribution in [-0.4, -0.2) is 64.2 Å². The molecule has 0 radical (unpaired) electrons. The van der Waals surface area contributed by atoms with E-state index in [1.807, 2.05) is 12.1 Å². The highest BCUT2D eigenvalue weighted by Gasteiger charge is 2.17. The zero-order chi connectivity index (χ0) is 20.7. The number of hydrogen-bond acceptors (Lipinski definition) is 7. The van der Waals surface area contributed by atoms with E-state index in [9.17, 15) is 13.2 Å². The van der Waals surface area contributed by atoms with E-state index in [2.05, 4.69) is 27.8 Å². The van der Waals surface area contributed by atoms with E-state index in [1.165, 1.54) is 18.4 Å². The van der Waals surface area contributed by atoms with Crippen LogP contribution >= 0.6 is 0 Å². The average Bonchev–Trinajstić information content (AvgIpc) is 3.44. The number of nitrogens with one attached hydrogen (secondary N) is 2. The lowest BCUT2D eigenvalue weighted by molar-refractivity contribution is -0.129. The number of aliphatic imine (C=N–C) groups is 1. The molecular formula is C20H26N4O4S. The molecule has 1 aromatic carbocycles. The van der Waals surface area contributed by atoms with Crippen LogP contribution in [0.4, 0.5) is 0 Å². The first-order valence-electron chi connectivity index (χ1n) is 9.54. The summed E-state index contributed by atoms with van der Waals surface area (Å²) in [5.41, 5.74) is 2.22. The largest absolute Gasteiger partial charge is 0.453 e. The molecule has 0 aliphatic carbocycles. The Balaban J connectivity index is 1.37. The van der Waals surface area contributed by atoms with Gasteiger partial charge in [0.1, 0.15) is 11.7 Å². The van der Waals surface area contributed by atoms with E-state index in [0.717, 1.165) is 36.5 Å². The van der Waals surface area contributed by atoms with Crippen molar-refractivity contribution < 1.29 is 17.6 Å². The molecule has 0 atom stereocenters. The number of carbonyl (C=O) groups is 1. The van der Waals surface area contributed by atoms with E-state index < -0.39 is 9.84 Å². The number of nitrogens with zero attached hydrogens (tertiary/aromatic N) is 2. The molecule has 156 valence electrons. The number of benzene rings is 1. The van der Waals surface area contributed by atoms with Crippen molar-refractivity contribution in [3.8, 4) is 0 Å². The van der Waals surface area contributed by atoms with Gasteiger partial charge in [-0.3, -0.25) is 9.79 Å². The Labute approximate surface area is 170 Å². The van der Waals surface area contributed by atoms with Crippen LogP contribution in [0.2, 0.25) is 0 Å². The highest BCUT2D eigenvalue weighted by molar-refractivity contribution is 7.91. The highest BCUT2D eigenvalue weighted by Crippen LogP contribution is 2.10. The maximum atomic E-state index is 12.2. The molecule has 3 rings (SSSR count). The van der Waals surface area contributed by atoms with Crippen molar-refractivity contribution >= 4 is 21.6 Å². The van der Waals surface area contributed by atoms with Gasteiger partial charge < -0.3 is 20.0 Å². The van der Waals surface area contributed by atoms with Gasteiger partial charge >= 0.3 is 0 Å². The van der Waals surface area contributed by atoms with Gasteiger partial charge in [-0.15, -0.1) is 0 Å². The minimum Gasteiger partial charge on any atom is -0.453 e. The van der Waals surface area contributed by atoms with Crippen molar-refractivity contribution in [1.29, 1.82) is 0 Å². The maximum Gasteiger partial charge on any atom is 0.224 e. The molecule has 0 fully saturated rings. The third-order valence-corrected chi connectivity index (χ3v) is 6.10. The smallest absolute Gasteiger partial charge is 0.224 e. The van der Waals surface area contributed by atoms with Gasteiger partial charge in [-0.2, -0.15) is 0 Å². The summed E-state index contributed by atoms with van der Waals surface area (Å²) in [4.78, 5) is 18.3. The molecule has 1 aliphatic rings. The van der Waals surface area contributed by atoms with E-state index in [-0.39, 0.29) is 29.8 Å². The predicted octanol–water partition coefficient (Wildman–Crippen LogP) is 1.04. The molecule has 0 bridgehead atoms. The van der Waals surface area contributed by atoms with Crippen molar-refractivity contribution in [2.75, 3.05) is 39.1 Å². The molecule has 1 amide bonds. The molecular weight excluding hydrogens is 392 g/mol. The van der Waals surface area contributed by atoms with Crippen molar-refractivity contribution in [1.82, 2.24) is 15.5 Å². The fourth-order valence-electron chi connectivity index (χ4n) is 2.95. The third-order valence-electron chi connectivity index (χ3n) is 4.67. The van der Waals surface area contributed by atoms with Gasteiger partial charge in [0.2, 0.25) is 20.8 Å². The summed E-state index contributed by atoms with van der Waals surface area (Å²) >= 11 is 0. The lowest BCUT2D eigenvalue weighted by Gasteiger charge is -2.17. The van der Waals surface area contributed by atoms with Crippen LogP contribution in [0.3, 0.4) is 0 Å². The summed E-state index contributed by atoms with van der Waals surface area (Å²) in [5, 5.41) is 5.97. The molecule has 2 aromatic rings. The molecule has 2 N–H and O–H groups in total. The highest BCUT2D eigenvalue weighted by atomic mass is 32.2. The standard InChI is InChI=1S/C20H26N4O4S/c1-24(13-9-16-4-6-17(7-5-16)20-22-11-12-23-20)18(25)8-10-21-15-29(26,27)19-3-2-14-28-19/h2-7,14,21H,8-13,15H2,1H3,(H,22,23). The van der Waals surface area contributed by atoms with Crippen LogP contribution in [0.25, 0.3) is 0 Å². The monoisotopic (exact) mass is 418 g/mol. The van der Waals surface area contributed by atoms with Gasteiger partial charge in [-0.05, 0) is 24.1 Å². The SMILES string of the molecule is CN(CCc1ccc(C2=NCCN2)cc1)C(=O)CCNCS(=O)(=O)c1ccco1. The van der Waals surface area contributed by atoms with E-state index in [1.54, 1.807) is 11.9 Å². The minimum atomic E-state index is -3.51. The van der Waals surface area contributed by atoms with Crippen molar-refractivity contribution in [2.45, 2.75) is 17.9 Å². The first-order valence-corrected chi connectivity index (χ1v) is 11.2. The Bertz CT molecular complexity index is 937. The summed E-state index contributed by atoms with van der Waals surface area (Å²) in [6.07, 6.45) is 2.30. The van der Waals surface area contributed by atoms with Crippen LogP contribution in [-0.2, 0) is 21.1 Å². The van der Waals surface area contributed by atoms with Gasteiger partial charge in [0.25, 0.3) is 0 Å². The van der Waals surface area contributed by atoms with Gasteiger partial charge in [0.05, 0.1) is 12.8 Å². The molecule has 2 heterocycles. The Morgan fingerprint density at radius 3 is 2.72 bits per heavy atom. The summed E-state index contributed by atoms with van der Waals surface area (Å²) < 4.78 is 28.9. The summed E-state index contributed by atoms with van der Waals surface area (Å²) in [6.45, 7) is 2.58. The number of likely N-dealkylation sites (N-methyl/N-ethyl adjacent to an activating group) is 1. The quantitative estimate of drug-likeness (QED) is 0.559. The number of carbonyl (C=O) groups excluding carboxylic acids is 1. The number of rotatable bonds is 10. The van der Waals surface area contributed by atoms with Gasteiger partial charge in [0, 0.05) is 38.7 Å². The van der Waals surface area contributed by atoms with Crippen LogP contribution in [0, 0.1) is 0 Å². The van der Waals surface area contributed by atoms with Crippen LogP contribution in [0.5, 0.6) is 0 Å². The van der Waals surface area contributed by atoms with E-state index >= 15 is 0 Å². The van der Waals surface area contributed by atoms with Gasteiger partial charge in [0.15, 0.2) is 0 Å². The van der Waals surface area contributed by atoms with Gasteiger partial charge in [-0.1, -0.05) is 24.3 Å². The second kappa shape index (κ2) is 9.71. The average molecular weight is 419 g/mol. The van der Waals surface area contributed by atoms with Crippen molar-refractivity contribution in [2.24, 2.45) is 4.99 Å². The fourth-order valence-corrected chi connectivity index (χ4v) is 3.99. The summed E-state index contributed by atoms with van der Waals surface area (Å²) in [6, 6.07) is 11.1. The van der Waals surface area contributed by atoms with Crippen LogP contribution < -0.4 is 10.6 Å². The molecule has 8 nitrogen and oxygen atoms in total. The fraction of sp³-hybridized carbons (Fsp3) is 0.400. The molecule has 0 spiro atoms. The lowest BCUT2D eigenvalue weighted by atomic mass is 10.1. The zero-order valence-electron chi connectivity index (χ0n) is 16.4. The Morgan fingerprint density at radius 2 is 2.07 bits per heavy atom. The first kappa shape index (κ1) is 21.1. The number of furan rings is 1. The number of sulfone groups is 1. The second-order valence-corrected chi connectivity index (χ2v) is 8.78. The van der Waals surface area contributed by atoms with E-state index in [0.29, 0.717) is 6.54 Å². The van der Waals surface area contributed by atoms with Crippen LogP contribution in [0.1, 0.15) is 17.5 Å². The zero-order valence-corrected chi connectivity index (χ0v) is 17.2. The number of hydrogen-bond donors (Lipinski definition) is 2. The normalized spacial score (nSPS) is 13.8. The Kier molecular flexibility index (Phi) is 7.05. The first-order chi connectivity index (χ1) is 14.0. The molecule has 9 heteroatoms. The molecule has 1 aliphatic heterocycles. The van der Waals surface area contributed by atoms with Crippen LogP contribution in [0.15, 0.2) is 57.2 Å². The van der Waals surface area contributed by atoms with Crippen molar-refractivity contribution in [3.05, 3.63) is 53.8 Å². The topological polar surface area (TPSA) is 104 Å². The molecule has 0 saturated carbocycles. The maximum absolute atomic E-state index is 12.2. The van der Waals surface area contributed by atoms with Gasteiger partial charge in [-0.25, -0.2) is 8.42 Å². The lowest BCUT2D eigenvalue weighted by Crippen LogP contribution is -2.32.